The van der Waals surface area contributed by atoms with Crippen molar-refractivity contribution in [1.82, 2.24) is 9.55 Å². The highest BCUT2D eigenvalue weighted by Gasteiger charge is 2.22. The number of nitrogens with zero attached hydrogens (tertiary/aromatic N) is 3. The van der Waals surface area contributed by atoms with Crippen molar-refractivity contribution in [2.45, 2.75) is 39.5 Å². The van der Waals surface area contributed by atoms with Gasteiger partial charge in [-0.3, -0.25) is 9.98 Å². The third kappa shape index (κ3) is 5.30. The zero-order valence-corrected chi connectivity index (χ0v) is 20.0. The fourth-order valence-corrected chi connectivity index (χ4v) is 4.47. The lowest BCUT2D eigenvalue weighted by Crippen LogP contribution is -2.28. The number of hydrogen-bond acceptors (Lipinski definition) is 4. The maximum absolute atomic E-state index is 12.6. The molecule has 0 atom stereocenters. The third-order valence-corrected chi connectivity index (χ3v) is 6.21. The zero-order valence-electron chi connectivity index (χ0n) is 20.0. The Morgan fingerprint density at radius 2 is 1.83 bits per heavy atom. The van der Waals surface area contributed by atoms with Gasteiger partial charge in [0.1, 0.15) is 30.2 Å². The second-order valence-electron chi connectivity index (χ2n) is 8.67. The summed E-state index contributed by atoms with van der Waals surface area (Å²) in [6, 6.07) is 23.4. The minimum atomic E-state index is -2.51. The molecule has 0 bridgehead atoms. The first kappa shape index (κ1) is 23.7. The van der Waals surface area contributed by atoms with Crippen molar-refractivity contribution < 1.29 is 18.3 Å². The summed E-state index contributed by atoms with van der Waals surface area (Å²) in [6.07, 6.45) is 0.00225. The van der Waals surface area contributed by atoms with Gasteiger partial charge >= 0.3 is 0 Å². The van der Waals surface area contributed by atoms with Crippen LogP contribution < -0.4 is 15.0 Å². The molecule has 1 aliphatic rings. The normalized spacial score (nSPS) is 12.8. The van der Waals surface area contributed by atoms with Crippen LogP contribution in [0.2, 0.25) is 0 Å². The Morgan fingerprint density at radius 3 is 2.61 bits per heavy atom. The quantitative estimate of drug-likeness (QED) is 0.319. The van der Waals surface area contributed by atoms with E-state index in [1.54, 1.807) is 12.3 Å². The highest BCUT2D eigenvalue weighted by molar-refractivity contribution is 5.71. The van der Waals surface area contributed by atoms with Crippen molar-refractivity contribution in [3.63, 3.8) is 0 Å². The minimum absolute atomic E-state index is 0.443. The number of aryl methyl sites for hydroxylation is 1. The van der Waals surface area contributed by atoms with Crippen molar-refractivity contribution in [1.29, 1.82) is 0 Å². The van der Waals surface area contributed by atoms with Crippen molar-refractivity contribution in [3.05, 3.63) is 107 Å². The summed E-state index contributed by atoms with van der Waals surface area (Å²) in [5.41, 5.74) is 6.88. The average Bonchev–Trinajstić information content (AvgIpc) is 2.91. The molecule has 2 aromatic heterocycles. The molecule has 36 heavy (non-hydrogen) atoms. The molecule has 7 heteroatoms. The number of hydrogen-bond donors (Lipinski definition) is 0. The third-order valence-electron chi connectivity index (χ3n) is 6.21. The molecular weight excluding hydrogens is 460 g/mol. The van der Waals surface area contributed by atoms with Gasteiger partial charge in [-0.1, -0.05) is 36.4 Å². The molecule has 4 aromatic rings. The van der Waals surface area contributed by atoms with Crippen LogP contribution in [0.15, 0.2) is 84.0 Å². The molecule has 1 aliphatic heterocycles. The Morgan fingerprint density at radius 1 is 1.00 bits per heavy atom. The first-order chi connectivity index (χ1) is 17.6. The van der Waals surface area contributed by atoms with Crippen LogP contribution in [0.1, 0.15) is 22.4 Å². The Kier molecular flexibility index (Phi) is 7.07. The molecule has 0 fully saturated rings. The smallest absolute Gasteiger partial charge is 0.272 e. The molecule has 2 aromatic carbocycles. The summed E-state index contributed by atoms with van der Waals surface area (Å²) in [4.78, 5) is 9.29. The van der Waals surface area contributed by atoms with Crippen LogP contribution in [-0.4, -0.2) is 22.6 Å². The molecule has 3 heterocycles. The Labute approximate surface area is 208 Å². The maximum atomic E-state index is 12.6. The molecule has 0 N–H and O–H groups in total. The number of fused-ring (bicyclic) bond motifs is 3. The van der Waals surface area contributed by atoms with Crippen LogP contribution in [0, 0.1) is 6.92 Å². The number of aromatic nitrogens is 2. The lowest BCUT2D eigenvalue weighted by molar-refractivity contribution is 0.0818. The van der Waals surface area contributed by atoms with Gasteiger partial charge in [-0.15, -0.1) is 0 Å². The van der Waals surface area contributed by atoms with Crippen LogP contribution in [0.4, 0.5) is 8.78 Å². The molecule has 0 saturated heterocycles. The van der Waals surface area contributed by atoms with E-state index in [-0.39, 0.29) is 0 Å². The molecule has 184 valence electrons. The number of rotatable bonds is 8. The number of halogens is 2. The largest absolute Gasteiger partial charge is 0.488 e. The van der Waals surface area contributed by atoms with Crippen LogP contribution in [0.3, 0.4) is 0 Å². The van der Waals surface area contributed by atoms with Crippen molar-refractivity contribution in [2.75, 3.05) is 6.61 Å². The molecule has 0 saturated carbocycles. The molecule has 0 amide bonds. The number of ether oxygens (including phenoxy) is 2. The standard InChI is InChI=1S/C29H27F2N3O2/c1-20-26(36-18-21-7-3-2-4-8-21)16-28(33-17-23-9-5-6-13-32-23)34-14-12-22-15-24(35-19-27(30)31)10-11-25(22)29(20)34/h2-11,13,15-16,27H,12,14,17-19H2,1H3/b33-28-. The fourth-order valence-electron chi connectivity index (χ4n) is 4.47. The van der Waals surface area contributed by atoms with Gasteiger partial charge in [0.05, 0.1) is 17.9 Å². The van der Waals surface area contributed by atoms with Gasteiger partial charge in [0.15, 0.2) is 0 Å². The molecule has 0 aliphatic carbocycles. The van der Waals surface area contributed by atoms with E-state index < -0.39 is 13.0 Å². The molecule has 0 unspecified atom stereocenters. The van der Waals surface area contributed by atoms with Gasteiger partial charge in [-0.25, -0.2) is 8.78 Å². The van der Waals surface area contributed by atoms with E-state index in [1.165, 1.54) is 0 Å². The van der Waals surface area contributed by atoms with E-state index >= 15 is 0 Å². The topological polar surface area (TPSA) is 48.6 Å². The number of benzene rings is 2. The van der Waals surface area contributed by atoms with Crippen molar-refractivity contribution in [2.24, 2.45) is 4.99 Å². The van der Waals surface area contributed by atoms with E-state index in [0.29, 0.717) is 25.4 Å². The van der Waals surface area contributed by atoms with Crippen LogP contribution in [0.25, 0.3) is 11.3 Å². The maximum Gasteiger partial charge on any atom is 0.272 e. The summed E-state index contributed by atoms with van der Waals surface area (Å²) in [6.45, 7) is 3.04. The van der Waals surface area contributed by atoms with Gasteiger partial charge in [0, 0.05) is 29.9 Å². The van der Waals surface area contributed by atoms with E-state index in [0.717, 1.165) is 51.3 Å². The van der Waals surface area contributed by atoms with Crippen molar-refractivity contribution >= 4 is 0 Å². The zero-order chi connectivity index (χ0) is 24.9. The Bertz CT molecular complexity index is 1400. The lowest BCUT2D eigenvalue weighted by atomic mass is 9.94. The fraction of sp³-hybridized carbons (Fsp3) is 0.241. The first-order valence-electron chi connectivity index (χ1n) is 11.9. The highest BCUT2D eigenvalue weighted by Crippen LogP contribution is 2.36. The van der Waals surface area contributed by atoms with Gasteiger partial charge in [0.25, 0.3) is 6.43 Å². The summed E-state index contributed by atoms with van der Waals surface area (Å²) in [7, 11) is 0. The summed E-state index contributed by atoms with van der Waals surface area (Å²) < 4.78 is 39.0. The summed E-state index contributed by atoms with van der Waals surface area (Å²) in [5, 5.41) is 0. The summed E-state index contributed by atoms with van der Waals surface area (Å²) >= 11 is 0. The molecule has 5 nitrogen and oxygen atoms in total. The molecular formula is C29H27F2N3O2. The second-order valence-corrected chi connectivity index (χ2v) is 8.67. The first-order valence-corrected chi connectivity index (χ1v) is 11.9. The lowest BCUT2D eigenvalue weighted by Gasteiger charge is -2.26. The van der Waals surface area contributed by atoms with E-state index in [1.807, 2.05) is 73.7 Å². The molecule has 5 rings (SSSR count). The molecule has 0 spiro atoms. The van der Waals surface area contributed by atoms with E-state index in [9.17, 15) is 8.78 Å². The minimum Gasteiger partial charge on any atom is -0.488 e. The van der Waals surface area contributed by atoms with Crippen LogP contribution >= 0.6 is 0 Å². The average molecular weight is 488 g/mol. The van der Waals surface area contributed by atoms with E-state index in [4.69, 9.17) is 14.5 Å². The van der Waals surface area contributed by atoms with Crippen molar-refractivity contribution in [3.8, 4) is 22.8 Å². The van der Waals surface area contributed by atoms with Crippen LogP contribution in [0.5, 0.6) is 11.5 Å². The predicted octanol–water partition coefficient (Wildman–Crippen LogP) is 5.74. The Balaban J connectivity index is 1.56. The van der Waals surface area contributed by atoms with E-state index in [2.05, 4.69) is 9.55 Å². The Hall–Kier alpha value is -4.00. The molecule has 0 radical (unpaired) electrons. The van der Waals surface area contributed by atoms with Gasteiger partial charge in [-0.2, -0.15) is 0 Å². The second kappa shape index (κ2) is 10.7. The van der Waals surface area contributed by atoms with Crippen LogP contribution in [-0.2, 0) is 26.1 Å². The predicted molar refractivity (Wildman–Crippen MR) is 134 cm³/mol. The van der Waals surface area contributed by atoms with Gasteiger partial charge < -0.3 is 14.0 Å². The number of alkyl halides is 2. The number of pyridine rings is 2. The summed E-state index contributed by atoms with van der Waals surface area (Å²) in [5.74, 6) is 1.22. The highest BCUT2D eigenvalue weighted by atomic mass is 19.3. The SMILES string of the molecule is Cc1c(OCc2ccccc2)c/c(=N/Cc2ccccn2)n2c1-c1ccc(OCC(F)F)cc1CC2. The monoisotopic (exact) mass is 487 g/mol. The van der Waals surface area contributed by atoms with Gasteiger partial charge in [0.2, 0.25) is 0 Å². The van der Waals surface area contributed by atoms with Gasteiger partial charge in [-0.05, 0) is 54.8 Å².